The molecule has 0 bridgehead atoms. The van der Waals surface area contributed by atoms with Crippen LogP contribution in [0.15, 0.2) is 24.3 Å². The Morgan fingerprint density at radius 2 is 2.31 bits per heavy atom. The van der Waals surface area contributed by atoms with E-state index in [9.17, 15) is 5.11 Å². The molecule has 1 rings (SSSR count). The van der Waals surface area contributed by atoms with E-state index in [-0.39, 0.29) is 6.61 Å². The molecular weight excluding hydrogens is 188 g/mol. The lowest BCUT2D eigenvalue weighted by molar-refractivity contribution is 0.233. The van der Waals surface area contributed by atoms with E-state index in [4.69, 9.17) is 16.3 Å². The molecule has 0 saturated carbocycles. The van der Waals surface area contributed by atoms with E-state index in [2.05, 4.69) is 0 Å². The number of halogens is 1. The first-order chi connectivity index (χ1) is 6.27. The Balaban J connectivity index is 2.89. The smallest absolute Gasteiger partial charge is 0.137 e. The van der Waals surface area contributed by atoms with Gasteiger partial charge in [-0.25, -0.2) is 5.11 Å². The molecule has 1 aromatic carbocycles. The highest BCUT2D eigenvalue weighted by Crippen LogP contribution is 2.25. The topological polar surface area (TPSA) is 29.1 Å². The third-order valence-electron chi connectivity index (χ3n) is 1.58. The Kier molecular flexibility index (Phi) is 3.80. The highest BCUT2D eigenvalue weighted by atomic mass is 35.5. The third-order valence-corrected chi connectivity index (χ3v) is 1.88. The van der Waals surface area contributed by atoms with Crippen LogP contribution in [-0.2, 0) is 5.11 Å². The van der Waals surface area contributed by atoms with Gasteiger partial charge in [0.15, 0.2) is 0 Å². The molecule has 3 heteroatoms. The van der Waals surface area contributed by atoms with E-state index in [1.807, 2.05) is 6.07 Å². The van der Waals surface area contributed by atoms with Crippen molar-refractivity contribution < 1.29 is 9.84 Å². The van der Waals surface area contributed by atoms with Crippen LogP contribution in [0, 0.1) is 0 Å². The number of rotatable bonds is 3. The van der Waals surface area contributed by atoms with Crippen molar-refractivity contribution in [2.24, 2.45) is 0 Å². The molecule has 1 radical (unpaired) electrons. The lowest BCUT2D eigenvalue weighted by Crippen LogP contribution is -1.84. The van der Waals surface area contributed by atoms with E-state index >= 15 is 0 Å². The average Bonchev–Trinajstić information content (AvgIpc) is 2.15. The fourth-order valence-corrected chi connectivity index (χ4v) is 1.24. The molecule has 0 atom stereocenters. The second-order valence-electron chi connectivity index (χ2n) is 2.46. The van der Waals surface area contributed by atoms with Crippen LogP contribution in [0.5, 0.6) is 5.75 Å². The van der Waals surface area contributed by atoms with Gasteiger partial charge >= 0.3 is 0 Å². The Morgan fingerprint density at radius 3 is 2.85 bits per heavy atom. The molecule has 0 amide bonds. The lowest BCUT2D eigenvalue weighted by atomic mass is 10.2. The molecule has 0 spiro atoms. The molecular formula is C10H10ClO2. The van der Waals surface area contributed by atoms with Crippen molar-refractivity contribution in [2.45, 2.75) is 0 Å². The monoisotopic (exact) mass is 197 g/mol. The minimum absolute atomic E-state index is 0.219. The zero-order valence-electron chi connectivity index (χ0n) is 7.29. The van der Waals surface area contributed by atoms with Gasteiger partial charge in [0.25, 0.3) is 0 Å². The fraction of sp³-hybridized carbons (Fsp3) is 0.200. The van der Waals surface area contributed by atoms with Gasteiger partial charge in [-0.15, -0.1) is 0 Å². The maximum Gasteiger partial charge on any atom is 0.137 e. The highest BCUT2D eigenvalue weighted by molar-refractivity contribution is 6.32. The summed E-state index contributed by atoms with van der Waals surface area (Å²) in [6, 6.07) is 5.37. The summed E-state index contributed by atoms with van der Waals surface area (Å²) in [5.41, 5.74) is 0.904. The van der Waals surface area contributed by atoms with Crippen molar-refractivity contribution >= 4 is 17.7 Å². The first kappa shape index (κ1) is 10.1. The molecule has 0 unspecified atom stereocenters. The van der Waals surface area contributed by atoms with E-state index in [0.717, 1.165) is 5.56 Å². The number of hydrogen-bond donors (Lipinski definition) is 0. The summed E-state index contributed by atoms with van der Waals surface area (Å²) >= 11 is 5.87. The minimum atomic E-state index is -0.219. The van der Waals surface area contributed by atoms with Gasteiger partial charge in [-0.05, 0) is 17.7 Å². The molecule has 1 aromatic rings. The second-order valence-corrected chi connectivity index (χ2v) is 2.87. The van der Waals surface area contributed by atoms with E-state index in [1.165, 1.54) is 6.08 Å². The van der Waals surface area contributed by atoms with Gasteiger partial charge in [0.05, 0.1) is 12.1 Å². The summed E-state index contributed by atoms with van der Waals surface area (Å²) in [5, 5.41) is 10.7. The van der Waals surface area contributed by atoms with Gasteiger partial charge in [-0.2, -0.15) is 0 Å². The molecule has 0 aliphatic heterocycles. The van der Waals surface area contributed by atoms with E-state index in [0.29, 0.717) is 10.8 Å². The van der Waals surface area contributed by atoms with Crippen molar-refractivity contribution in [1.29, 1.82) is 0 Å². The fourth-order valence-electron chi connectivity index (χ4n) is 0.970. The zero-order valence-corrected chi connectivity index (χ0v) is 8.04. The van der Waals surface area contributed by atoms with Crippen LogP contribution in [0.1, 0.15) is 5.56 Å². The predicted octanol–water partition coefficient (Wildman–Crippen LogP) is 2.79. The van der Waals surface area contributed by atoms with Crippen molar-refractivity contribution in [3.8, 4) is 5.75 Å². The molecule has 0 N–H and O–H groups in total. The summed E-state index contributed by atoms with van der Waals surface area (Å²) < 4.78 is 4.99. The van der Waals surface area contributed by atoms with Crippen LogP contribution in [0.2, 0.25) is 5.02 Å². The van der Waals surface area contributed by atoms with Crippen molar-refractivity contribution in [3.05, 3.63) is 34.9 Å². The van der Waals surface area contributed by atoms with Gasteiger partial charge < -0.3 is 4.74 Å². The molecule has 0 aromatic heterocycles. The molecule has 2 nitrogen and oxygen atoms in total. The Hall–Kier alpha value is -0.990. The number of ether oxygens (including phenoxy) is 1. The van der Waals surface area contributed by atoms with Crippen LogP contribution in [0.4, 0.5) is 0 Å². The van der Waals surface area contributed by atoms with Crippen LogP contribution < -0.4 is 4.74 Å². The average molecular weight is 198 g/mol. The van der Waals surface area contributed by atoms with Crippen LogP contribution in [0.25, 0.3) is 6.08 Å². The van der Waals surface area contributed by atoms with Crippen molar-refractivity contribution in [2.75, 3.05) is 13.7 Å². The summed E-state index contributed by atoms with van der Waals surface area (Å²) in [7, 11) is 1.56. The Bertz CT molecular complexity index is 308. The highest BCUT2D eigenvalue weighted by Gasteiger charge is 1.98. The maximum atomic E-state index is 10.2. The summed E-state index contributed by atoms with van der Waals surface area (Å²) in [6.45, 7) is -0.219. The first-order valence-electron chi connectivity index (χ1n) is 3.86. The van der Waals surface area contributed by atoms with Crippen LogP contribution in [-0.4, -0.2) is 13.7 Å². The van der Waals surface area contributed by atoms with Gasteiger partial charge in [-0.1, -0.05) is 29.8 Å². The number of methoxy groups -OCH3 is 1. The van der Waals surface area contributed by atoms with Crippen LogP contribution >= 0.6 is 11.6 Å². The predicted molar refractivity (Wildman–Crippen MR) is 52.6 cm³/mol. The molecule has 0 aliphatic rings. The lowest BCUT2D eigenvalue weighted by Gasteiger charge is -2.02. The summed E-state index contributed by atoms with van der Waals surface area (Å²) in [5.74, 6) is 0.640. The maximum absolute atomic E-state index is 10.2. The minimum Gasteiger partial charge on any atom is -0.495 e. The molecule has 0 aliphatic carbocycles. The Labute approximate surface area is 82.4 Å². The largest absolute Gasteiger partial charge is 0.495 e. The second kappa shape index (κ2) is 4.90. The molecule has 0 fully saturated rings. The van der Waals surface area contributed by atoms with E-state index in [1.54, 1.807) is 25.3 Å². The van der Waals surface area contributed by atoms with E-state index < -0.39 is 0 Å². The zero-order chi connectivity index (χ0) is 9.68. The normalized spacial score (nSPS) is 10.7. The first-order valence-corrected chi connectivity index (χ1v) is 4.24. The third kappa shape index (κ3) is 2.76. The summed E-state index contributed by atoms with van der Waals surface area (Å²) in [4.78, 5) is 0. The molecule has 13 heavy (non-hydrogen) atoms. The Morgan fingerprint density at radius 1 is 1.54 bits per heavy atom. The van der Waals surface area contributed by atoms with Gasteiger partial charge in [0.2, 0.25) is 0 Å². The van der Waals surface area contributed by atoms with Gasteiger partial charge in [0, 0.05) is 0 Å². The summed E-state index contributed by atoms with van der Waals surface area (Å²) in [6.07, 6.45) is 3.27. The van der Waals surface area contributed by atoms with Crippen molar-refractivity contribution in [3.63, 3.8) is 0 Å². The molecule has 69 valence electrons. The molecule has 0 heterocycles. The number of hydrogen-bond acceptors (Lipinski definition) is 1. The van der Waals surface area contributed by atoms with Crippen molar-refractivity contribution in [1.82, 2.24) is 0 Å². The van der Waals surface area contributed by atoms with Gasteiger partial charge in [0.1, 0.15) is 12.4 Å². The molecule has 0 saturated heterocycles. The van der Waals surface area contributed by atoms with Crippen LogP contribution in [0.3, 0.4) is 0 Å². The standard InChI is InChI=1S/C10H10ClO2/c1-13-10-5-4-8(3-2-6-12)7-9(10)11/h2-5,7H,6H2,1H3. The quantitative estimate of drug-likeness (QED) is 0.733. The SMILES string of the molecule is COc1ccc(C=CC[O])cc1Cl. The number of benzene rings is 1. The van der Waals surface area contributed by atoms with Gasteiger partial charge in [-0.3, -0.25) is 0 Å².